The maximum atomic E-state index is 11.5. The van der Waals surface area contributed by atoms with Gasteiger partial charge < -0.3 is 11.1 Å². The lowest BCUT2D eigenvalue weighted by atomic mass is 9.86. The van der Waals surface area contributed by atoms with E-state index in [1.54, 1.807) is 0 Å². The number of hydrogen-bond acceptors (Lipinski definition) is 7. The molecule has 5 fully saturated rings. The third-order valence-corrected chi connectivity index (χ3v) is 9.48. The molecule has 34 heavy (non-hydrogen) atoms. The van der Waals surface area contributed by atoms with Gasteiger partial charge in [-0.3, -0.25) is 24.7 Å². The summed E-state index contributed by atoms with van der Waals surface area (Å²) in [5, 5.41) is 7.55. The molecule has 4 heterocycles. The van der Waals surface area contributed by atoms with E-state index in [1.807, 2.05) is 0 Å². The van der Waals surface area contributed by atoms with E-state index in [9.17, 15) is 4.79 Å². The van der Waals surface area contributed by atoms with Crippen LogP contribution >= 0.6 is 0 Å². The van der Waals surface area contributed by atoms with Gasteiger partial charge in [0.2, 0.25) is 5.91 Å². The second kappa shape index (κ2) is 12.0. The molecule has 5 atom stereocenters. The number of primary amides is 1. The van der Waals surface area contributed by atoms with Gasteiger partial charge in [-0.05, 0) is 82.8 Å². The smallest absolute Gasteiger partial charge is 0.220 e. The molecule has 1 aliphatic carbocycles. The first-order chi connectivity index (χ1) is 16.7. The predicted molar refractivity (Wildman–Crippen MR) is 133 cm³/mol. The van der Waals surface area contributed by atoms with Gasteiger partial charge in [0, 0.05) is 19.0 Å². The summed E-state index contributed by atoms with van der Waals surface area (Å²) in [6, 6.07) is 0.495. The highest BCUT2D eigenvalue weighted by atomic mass is 16.7. The zero-order chi connectivity index (χ0) is 23.3. The van der Waals surface area contributed by atoms with Crippen LogP contribution in [0.2, 0.25) is 0 Å². The Balaban J connectivity index is 1.06. The topological polar surface area (TPSA) is 94.9 Å². The van der Waals surface area contributed by atoms with Crippen LogP contribution < -0.4 is 21.8 Å². The quantitative estimate of drug-likeness (QED) is 0.426. The molecule has 0 bridgehead atoms. The number of piperidine rings is 2. The average molecular weight is 477 g/mol. The summed E-state index contributed by atoms with van der Waals surface area (Å²) in [4.78, 5) is 22.9. The standard InChI is InChI=1S/C26H48N6O2/c27-24(33)20-11-16-32(17-12-20)23-18-21(10-13-28-23)25-29-26(34-30-25)22-9-5-15-31(22)14-4-8-19-6-2-1-3-7-19/h19-23,25-26,28-30H,1-18H2,(H2,27,33)/t21?,22-,23?,25?,26?/m0/s1. The number of nitrogens with two attached hydrogens (primary N) is 1. The van der Waals surface area contributed by atoms with Crippen LogP contribution in [-0.4, -0.2) is 73.0 Å². The van der Waals surface area contributed by atoms with Crippen molar-refractivity contribution < 1.29 is 9.63 Å². The van der Waals surface area contributed by atoms with E-state index in [0.29, 0.717) is 18.1 Å². The van der Waals surface area contributed by atoms with Gasteiger partial charge in [0.1, 0.15) is 6.23 Å². The SMILES string of the molecule is NC(=O)C1CCN(C2CC(C3NOC([C@@H]4CCCN4CCCC4CCCCC4)N3)CCN2)CC1. The molecule has 1 saturated carbocycles. The van der Waals surface area contributed by atoms with E-state index in [-0.39, 0.29) is 24.2 Å². The normalized spacial score (nSPS) is 37.4. The molecule has 4 saturated heterocycles. The van der Waals surface area contributed by atoms with E-state index >= 15 is 0 Å². The molecule has 0 aromatic heterocycles. The monoisotopic (exact) mass is 476 g/mol. The van der Waals surface area contributed by atoms with Crippen molar-refractivity contribution in [3.05, 3.63) is 0 Å². The molecule has 1 amide bonds. The number of carbonyl (C=O) groups excluding carboxylic acids is 1. The Labute approximate surface area is 206 Å². The van der Waals surface area contributed by atoms with Gasteiger partial charge in [-0.2, -0.15) is 5.48 Å². The second-order valence-electron chi connectivity index (χ2n) is 11.7. The molecule has 0 aromatic rings. The Morgan fingerprint density at radius 1 is 0.971 bits per heavy atom. The highest BCUT2D eigenvalue weighted by Crippen LogP contribution is 2.30. The van der Waals surface area contributed by atoms with Gasteiger partial charge in [0.25, 0.3) is 0 Å². The molecule has 0 radical (unpaired) electrons. The summed E-state index contributed by atoms with van der Waals surface area (Å²) in [7, 11) is 0. The molecule has 4 aliphatic heterocycles. The van der Waals surface area contributed by atoms with Crippen molar-refractivity contribution in [3.8, 4) is 0 Å². The highest BCUT2D eigenvalue weighted by molar-refractivity contribution is 5.76. The van der Waals surface area contributed by atoms with Gasteiger partial charge in [-0.1, -0.05) is 32.1 Å². The van der Waals surface area contributed by atoms with Crippen molar-refractivity contribution >= 4 is 5.91 Å². The van der Waals surface area contributed by atoms with E-state index in [4.69, 9.17) is 10.6 Å². The molecular formula is C26H48N6O2. The minimum atomic E-state index is -0.133. The molecule has 194 valence electrons. The summed E-state index contributed by atoms with van der Waals surface area (Å²) >= 11 is 0. The summed E-state index contributed by atoms with van der Waals surface area (Å²) in [6.07, 6.45) is 17.3. The second-order valence-corrected chi connectivity index (χ2v) is 11.7. The Kier molecular flexibility index (Phi) is 8.77. The fourth-order valence-electron chi connectivity index (χ4n) is 7.34. The van der Waals surface area contributed by atoms with Gasteiger partial charge in [-0.25, -0.2) is 0 Å². The van der Waals surface area contributed by atoms with Gasteiger partial charge in [0.15, 0.2) is 0 Å². The summed E-state index contributed by atoms with van der Waals surface area (Å²) < 4.78 is 0. The molecule has 0 spiro atoms. The fraction of sp³-hybridized carbons (Fsp3) is 0.962. The zero-order valence-corrected chi connectivity index (χ0v) is 21.1. The Morgan fingerprint density at radius 2 is 1.79 bits per heavy atom. The largest absolute Gasteiger partial charge is 0.369 e. The lowest BCUT2D eigenvalue weighted by Crippen LogP contribution is -2.56. The molecule has 5 N–H and O–H groups in total. The summed E-state index contributed by atoms with van der Waals surface area (Å²) in [6.45, 7) is 5.40. The lowest BCUT2D eigenvalue weighted by molar-refractivity contribution is -0.123. The van der Waals surface area contributed by atoms with Crippen molar-refractivity contribution in [2.75, 3.05) is 32.7 Å². The van der Waals surface area contributed by atoms with E-state index < -0.39 is 0 Å². The minimum absolute atomic E-state index is 0.0555. The van der Waals surface area contributed by atoms with Crippen LogP contribution in [0, 0.1) is 17.8 Å². The zero-order valence-electron chi connectivity index (χ0n) is 21.1. The molecule has 8 nitrogen and oxygen atoms in total. The first-order valence-electron chi connectivity index (χ1n) is 14.4. The summed E-state index contributed by atoms with van der Waals surface area (Å²) in [5.74, 6) is 1.45. The molecule has 0 aromatic carbocycles. The van der Waals surface area contributed by atoms with Gasteiger partial charge in [0.05, 0.1) is 18.4 Å². The Bertz CT molecular complexity index is 651. The van der Waals surface area contributed by atoms with E-state index in [2.05, 4.69) is 25.9 Å². The van der Waals surface area contributed by atoms with Gasteiger partial charge in [-0.15, -0.1) is 0 Å². The van der Waals surface area contributed by atoms with Gasteiger partial charge >= 0.3 is 0 Å². The van der Waals surface area contributed by atoms with E-state index in [1.165, 1.54) is 70.9 Å². The van der Waals surface area contributed by atoms with Crippen molar-refractivity contribution in [1.82, 2.24) is 25.9 Å². The Morgan fingerprint density at radius 3 is 2.59 bits per heavy atom. The molecule has 5 aliphatic rings. The number of likely N-dealkylation sites (tertiary alicyclic amines) is 2. The van der Waals surface area contributed by atoms with Crippen molar-refractivity contribution in [2.45, 2.75) is 108 Å². The maximum absolute atomic E-state index is 11.5. The Hall–Kier alpha value is -0.770. The predicted octanol–water partition coefficient (Wildman–Crippen LogP) is 2.11. The minimum Gasteiger partial charge on any atom is -0.369 e. The van der Waals surface area contributed by atoms with Crippen molar-refractivity contribution in [3.63, 3.8) is 0 Å². The number of rotatable bonds is 8. The number of carbonyl (C=O) groups is 1. The van der Waals surface area contributed by atoms with Crippen LogP contribution in [0.1, 0.15) is 83.5 Å². The van der Waals surface area contributed by atoms with E-state index in [0.717, 1.165) is 51.2 Å². The van der Waals surface area contributed by atoms with Crippen LogP contribution in [0.15, 0.2) is 0 Å². The van der Waals surface area contributed by atoms with Crippen LogP contribution in [-0.2, 0) is 9.63 Å². The lowest BCUT2D eigenvalue weighted by Gasteiger charge is -2.42. The highest BCUT2D eigenvalue weighted by Gasteiger charge is 2.41. The number of amides is 1. The third-order valence-electron chi connectivity index (χ3n) is 9.48. The number of nitrogens with one attached hydrogen (secondary N) is 3. The average Bonchev–Trinajstić information content (AvgIpc) is 3.55. The van der Waals surface area contributed by atoms with Crippen LogP contribution in [0.4, 0.5) is 0 Å². The van der Waals surface area contributed by atoms with Crippen molar-refractivity contribution in [1.29, 1.82) is 0 Å². The molecular weight excluding hydrogens is 428 g/mol. The third kappa shape index (κ3) is 6.13. The first-order valence-corrected chi connectivity index (χ1v) is 14.4. The molecule has 4 unspecified atom stereocenters. The molecule has 8 heteroatoms. The van der Waals surface area contributed by atoms with Crippen LogP contribution in [0.5, 0.6) is 0 Å². The molecule has 5 rings (SSSR count). The fourth-order valence-corrected chi connectivity index (χ4v) is 7.34. The number of hydroxylamine groups is 1. The number of nitrogens with zero attached hydrogens (tertiary/aromatic N) is 2. The first kappa shape index (κ1) is 24.9. The van der Waals surface area contributed by atoms with Crippen LogP contribution in [0.25, 0.3) is 0 Å². The summed E-state index contributed by atoms with van der Waals surface area (Å²) in [5.41, 5.74) is 8.91. The van der Waals surface area contributed by atoms with Crippen molar-refractivity contribution in [2.24, 2.45) is 23.5 Å². The maximum Gasteiger partial charge on any atom is 0.220 e. The van der Waals surface area contributed by atoms with Crippen LogP contribution in [0.3, 0.4) is 0 Å². The number of hydrogen-bond donors (Lipinski definition) is 4.